The molecule has 0 amide bonds. The summed E-state index contributed by atoms with van der Waals surface area (Å²) >= 11 is 6.17. The van der Waals surface area contributed by atoms with Crippen LogP contribution in [0, 0.1) is 5.82 Å². The van der Waals surface area contributed by atoms with Crippen LogP contribution in [-0.2, 0) is 6.54 Å². The van der Waals surface area contributed by atoms with Gasteiger partial charge in [0.15, 0.2) is 0 Å². The third-order valence-corrected chi connectivity index (χ3v) is 4.79. The first-order valence-corrected chi connectivity index (χ1v) is 7.57. The fraction of sp³-hybridized carbons (Fsp3) is 0.625. The van der Waals surface area contributed by atoms with Gasteiger partial charge in [-0.15, -0.1) is 0 Å². The van der Waals surface area contributed by atoms with Crippen molar-refractivity contribution in [3.8, 4) is 0 Å². The second kappa shape index (κ2) is 5.63. The molecule has 0 aromatic heterocycles. The third-order valence-electron chi connectivity index (χ3n) is 4.44. The lowest BCUT2D eigenvalue weighted by Gasteiger charge is -2.51. The number of halogens is 2. The molecule has 1 unspecified atom stereocenters. The highest BCUT2D eigenvalue weighted by Gasteiger charge is 2.39. The first-order valence-electron chi connectivity index (χ1n) is 7.20. The molecule has 2 nitrogen and oxygen atoms in total. The summed E-state index contributed by atoms with van der Waals surface area (Å²) in [6.07, 6.45) is 1.06. The Kier molecular flexibility index (Phi) is 4.43. The molecule has 0 aliphatic carbocycles. The van der Waals surface area contributed by atoms with E-state index in [-0.39, 0.29) is 16.9 Å². The van der Waals surface area contributed by atoms with Crippen molar-refractivity contribution in [1.82, 2.24) is 10.2 Å². The first kappa shape index (κ1) is 15.7. The zero-order chi connectivity index (χ0) is 15.0. The molecular formula is C16H24ClFN2. The number of hydrogen-bond acceptors (Lipinski definition) is 2. The van der Waals surface area contributed by atoms with Crippen LogP contribution >= 0.6 is 11.6 Å². The molecule has 0 saturated carbocycles. The van der Waals surface area contributed by atoms with Crippen LogP contribution in [0.2, 0.25) is 5.02 Å². The molecule has 1 aliphatic rings. The molecule has 1 saturated heterocycles. The van der Waals surface area contributed by atoms with Gasteiger partial charge in [0, 0.05) is 35.7 Å². The maximum atomic E-state index is 13.2. The van der Waals surface area contributed by atoms with Crippen molar-refractivity contribution in [2.75, 3.05) is 13.1 Å². The van der Waals surface area contributed by atoms with Gasteiger partial charge in [-0.05, 0) is 44.9 Å². The second-order valence-electron chi connectivity index (χ2n) is 6.68. The van der Waals surface area contributed by atoms with Crippen LogP contribution in [0.3, 0.4) is 0 Å². The summed E-state index contributed by atoms with van der Waals surface area (Å²) in [5.41, 5.74) is 1.18. The summed E-state index contributed by atoms with van der Waals surface area (Å²) in [5.74, 6) is -0.280. The quantitative estimate of drug-likeness (QED) is 0.912. The molecule has 0 spiro atoms. The maximum Gasteiger partial charge on any atom is 0.124 e. The Labute approximate surface area is 126 Å². The van der Waals surface area contributed by atoms with Gasteiger partial charge in [0.2, 0.25) is 0 Å². The number of benzene rings is 1. The molecule has 0 radical (unpaired) electrons. The van der Waals surface area contributed by atoms with Gasteiger partial charge in [0.05, 0.1) is 0 Å². The first-order chi connectivity index (χ1) is 9.26. The summed E-state index contributed by atoms with van der Waals surface area (Å²) in [7, 11) is 0. The zero-order valence-corrected chi connectivity index (χ0v) is 13.5. The minimum Gasteiger partial charge on any atom is -0.309 e. The van der Waals surface area contributed by atoms with E-state index in [1.54, 1.807) is 6.07 Å². The largest absolute Gasteiger partial charge is 0.309 e. The molecule has 1 aromatic carbocycles. The van der Waals surface area contributed by atoms with Crippen molar-refractivity contribution < 1.29 is 4.39 Å². The van der Waals surface area contributed by atoms with Crippen LogP contribution in [0.1, 0.15) is 39.7 Å². The monoisotopic (exact) mass is 298 g/mol. The van der Waals surface area contributed by atoms with Gasteiger partial charge in [-0.3, -0.25) is 4.90 Å². The fourth-order valence-corrected chi connectivity index (χ4v) is 2.94. The maximum absolute atomic E-state index is 13.2. The highest BCUT2D eigenvalue weighted by Crippen LogP contribution is 2.30. The van der Waals surface area contributed by atoms with E-state index >= 15 is 0 Å². The molecule has 1 atom stereocenters. The Morgan fingerprint density at radius 1 is 1.35 bits per heavy atom. The Morgan fingerprint density at radius 3 is 2.65 bits per heavy atom. The van der Waals surface area contributed by atoms with Crippen molar-refractivity contribution in [3.05, 3.63) is 34.6 Å². The van der Waals surface area contributed by atoms with Gasteiger partial charge in [-0.2, -0.15) is 0 Å². The highest BCUT2D eigenvalue weighted by atomic mass is 35.5. The highest BCUT2D eigenvalue weighted by molar-refractivity contribution is 6.31. The number of hydrogen-bond donors (Lipinski definition) is 1. The standard InChI is InChI=1S/C16H24ClFN2/c1-5-16(4)10-19-15(2,3)11-20(16)9-12-6-7-13(18)8-14(12)17/h6-8,19H,5,9-11H2,1-4H3. The lowest BCUT2D eigenvalue weighted by atomic mass is 9.87. The SMILES string of the molecule is CCC1(C)CNC(C)(C)CN1Cc1ccc(F)cc1Cl. The third kappa shape index (κ3) is 3.33. The van der Waals surface area contributed by atoms with E-state index in [4.69, 9.17) is 11.6 Å². The van der Waals surface area contributed by atoms with Crippen molar-refractivity contribution in [2.24, 2.45) is 0 Å². The molecule has 1 N–H and O–H groups in total. The van der Waals surface area contributed by atoms with Crippen LogP contribution in [-0.4, -0.2) is 29.1 Å². The summed E-state index contributed by atoms with van der Waals surface area (Å²) in [5, 5.41) is 4.12. The van der Waals surface area contributed by atoms with Gasteiger partial charge in [-0.1, -0.05) is 24.6 Å². The van der Waals surface area contributed by atoms with E-state index in [0.29, 0.717) is 5.02 Å². The van der Waals surface area contributed by atoms with Crippen molar-refractivity contribution in [3.63, 3.8) is 0 Å². The lowest BCUT2D eigenvalue weighted by molar-refractivity contribution is 0.0175. The average molecular weight is 299 g/mol. The average Bonchev–Trinajstić information content (AvgIpc) is 2.37. The van der Waals surface area contributed by atoms with Crippen molar-refractivity contribution >= 4 is 11.6 Å². The predicted molar refractivity (Wildman–Crippen MR) is 82.6 cm³/mol. The summed E-state index contributed by atoms with van der Waals surface area (Å²) in [6.45, 7) is 11.6. The van der Waals surface area contributed by atoms with E-state index in [1.807, 2.05) is 0 Å². The number of nitrogens with zero attached hydrogens (tertiary/aromatic N) is 1. The second-order valence-corrected chi connectivity index (χ2v) is 7.09. The van der Waals surface area contributed by atoms with Gasteiger partial charge in [0.1, 0.15) is 5.82 Å². The molecule has 1 fully saturated rings. The van der Waals surface area contributed by atoms with E-state index in [0.717, 1.165) is 31.6 Å². The Morgan fingerprint density at radius 2 is 2.05 bits per heavy atom. The molecule has 2 rings (SSSR count). The Balaban J connectivity index is 2.23. The molecule has 112 valence electrons. The minimum atomic E-state index is -0.280. The normalized spacial score (nSPS) is 26.7. The number of nitrogens with one attached hydrogen (secondary N) is 1. The smallest absolute Gasteiger partial charge is 0.124 e. The summed E-state index contributed by atoms with van der Waals surface area (Å²) in [6, 6.07) is 4.67. The van der Waals surface area contributed by atoms with E-state index in [1.165, 1.54) is 12.1 Å². The molecule has 4 heteroatoms. The molecule has 0 bridgehead atoms. The van der Waals surface area contributed by atoms with Crippen molar-refractivity contribution in [2.45, 2.75) is 51.7 Å². The van der Waals surface area contributed by atoms with Gasteiger partial charge < -0.3 is 5.32 Å². The topological polar surface area (TPSA) is 15.3 Å². The summed E-state index contributed by atoms with van der Waals surface area (Å²) < 4.78 is 13.2. The predicted octanol–water partition coefficient (Wildman–Crippen LogP) is 3.83. The molecule has 20 heavy (non-hydrogen) atoms. The van der Waals surface area contributed by atoms with Gasteiger partial charge in [0.25, 0.3) is 0 Å². The molecule has 1 heterocycles. The molecule has 1 aliphatic heterocycles. The number of rotatable bonds is 3. The molecule has 1 aromatic rings. The van der Waals surface area contributed by atoms with Gasteiger partial charge in [-0.25, -0.2) is 4.39 Å². The van der Waals surface area contributed by atoms with E-state index in [2.05, 4.69) is 37.9 Å². The van der Waals surface area contributed by atoms with Gasteiger partial charge >= 0.3 is 0 Å². The minimum absolute atomic E-state index is 0.0845. The Hall–Kier alpha value is -0.640. The Bertz CT molecular complexity index is 489. The molecular weight excluding hydrogens is 275 g/mol. The van der Waals surface area contributed by atoms with E-state index in [9.17, 15) is 4.39 Å². The van der Waals surface area contributed by atoms with Crippen LogP contribution in [0.5, 0.6) is 0 Å². The van der Waals surface area contributed by atoms with Crippen LogP contribution in [0.4, 0.5) is 4.39 Å². The van der Waals surface area contributed by atoms with Crippen molar-refractivity contribution in [1.29, 1.82) is 0 Å². The van der Waals surface area contributed by atoms with E-state index < -0.39 is 0 Å². The van der Waals surface area contributed by atoms with Crippen LogP contribution in [0.15, 0.2) is 18.2 Å². The summed E-state index contributed by atoms with van der Waals surface area (Å²) in [4.78, 5) is 2.46. The van der Waals surface area contributed by atoms with Crippen LogP contribution < -0.4 is 5.32 Å². The van der Waals surface area contributed by atoms with Crippen LogP contribution in [0.25, 0.3) is 0 Å². The lowest BCUT2D eigenvalue weighted by Crippen LogP contribution is -2.66. The number of piperazine rings is 1. The fourth-order valence-electron chi connectivity index (χ4n) is 2.72. The zero-order valence-electron chi connectivity index (χ0n) is 12.8.